The number of para-hydroxylation sites is 1. The minimum absolute atomic E-state index is 0.220. The van der Waals surface area contributed by atoms with Gasteiger partial charge in [0.15, 0.2) is 0 Å². The van der Waals surface area contributed by atoms with Gasteiger partial charge < -0.3 is 4.74 Å². The van der Waals surface area contributed by atoms with Crippen LogP contribution in [0.5, 0.6) is 0 Å². The molecule has 0 bridgehead atoms. The van der Waals surface area contributed by atoms with Crippen LogP contribution < -0.4 is 5.01 Å². The smallest absolute Gasteiger partial charge is 0.317 e. The molecule has 0 radical (unpaired) electrons. The molecule has 2 aliphatic heterocycles. The Morgan fingerprint density at radius 2 is 1.78 bits per heavy atom. The molecule has 2 heterocycles. The third-order valence-electron chi connectivity index (χ3n) is 4.88. The third-order valence-corrected chi connectivity index (χ3v) is 4.88. The highest BCUT2D eigenvalue weighted by Crippen LogP contribution is 2.43. The first-order valence-electron chi connectivity index (χ1n) is 8.94. The molecule has 2 aromatic rings. The minimum Gasteiger partial charge on any atom is -0.465 e. The second-order valence-corrected chi connectivity index (χ2v) is 6.46. The van der Waals surface area contributed by atoms with Crippen LogP contribution in [0.1, 0.15) is 22.8 Å². The summed E-state index contributed by atoms with van der Waals surface area (Å²) in [6.07, 6.45) is 3.92. The Labute approximate surface area is 158 Å². The number of ether oxygens (including phenoxy) is 1. The van der Waals surface area contributed by atoms with Gasteiger partial charge in [-0.3, -0.25) is 14.6 Å². The molecule has 0 aliphatic carbocycles. The number of anilines is 1. The van der Waals surface area contributed by atoms with E-state index in [1.165, 1.54) is 5.01 Å². The second-order valence-electron chi connectivity index (χ2n) is 6.46. The van der Waals surface area contributed by atoms with Crippen LogP contribution in [0.15, 0.2) is 72.9 Å². The van der Waals surface area contributed by atoms with Gasteiger partial charge in [0.1, 0.15) is 5.92 Å². The van der Waals surface area contributed by atoms with Gasteiger partial charge in [0.25, 0.3) is 5.91 Å². The molecule has 0 aromatic heterocycles. The summed E-state index contributed by atoms with van der Waals surface area (Å²) in [6.45, 7) is 6.14. The van der Waals surface area contributed by atoms with Crippen molar-refractivity contribution in [2.24, 2.45) is 5.92 Å². The molecule has 1 saturated heterocycles. The largest absolute Gasteiger partial charge is 0.465 e. The van der Waals surface area contributed by atoms with Crippen molar-refractivity contribution < 1.29 is 14.3 Å². The Kier molecular flexibility index (Phi) is 4.28. The molecule has 5 heteroatoms. The van der Waals surface area contributed by atoms with Gasteiger partial charge in [-0.05, 0) is 30.7 Å². The Hall–Kier alpha value is -3.34. The van der Waals surface area contributed by atoms with E-state index in [0.717, 1.165) is 11.3 Å². The highest BCUT2D eigenvalue weighted by molar-refractivity contribution is 5.99. The Bertz CT molecular complexity index is 936. The molecule has 0 saturated carbocycles. The summed E-state index contributed by atoms with van der Waals surface area (Å²) in [7, 11) is 0. The lowest BCUT2D eigenvalue weighted by Crippen LogP contribution is -2.45. The summed E-state index contributed by atoms with van der Waals surface area (Å²) in [5.74, 6) is -1.23. The fraction of sp³-hybridized carbons (Fsp3) is 0.182. The number of benzene rings is 2. The van der Waals surface area contributed by atoms with Crippen molar-refractivity contribution >= 4 is 23.6 Å². The number of carbonyl (C=O) groups excluding carboxylic acids is 2. The average Bonchev–Trinajstić information content (AvgIpc) is 3.00. The molecule has 1 fully saturated rings. The zero-order valence-electron chi connectivity index (χ0n) is 15.0. The number of rotatable bonds is 3. The van der Waals surface area contributed by atoms with Gasteiger partial charge in [-0.2, -0.15) is 0 Å². The number of nitrogens with zero attached hydrogens (tertiary/aromatic N) is 2. The second kappa shape index (κ2) is 6.76. The van der Waals surface area contributed by atoms with Crippen molar-refractivity contribution in [3.63, 3.8) is 0 Å². The van der Waals surface area contributed by atoms with E-state index in [1.807, 2.05) is 59.6 Å². The van der Waals surface area contributed by atoms with Gasteiger partial charge in [-0.15, -0.1) is 0 Å². The van der Waals surface area contributed by atoms with Crippen LogP contribution in [0.3, 0.4) is 0 Å². The van der Waals surface area contributed by atoms with Crippen molar-refractivity contribution in [1.82, 2.24) is 5.01 Å². The molecule has 5 nitrogen and oxygen atoms in total. The van der Waals surface area contributed by atoms with E-state index in [9.17, 15) is 9.59 Å². The van der Waals surface area contributed by atoms with Gasteiger partial charge in [0.2, 0.25) is 0 Å². The Morgan fingerprint density at radius 1 is 1.07 bits per heavy atom. The summed E-state index contributed by atoms with van der Waals surface area (Å²) in [5, 5.41) is 3.37. The van der Waals surface area contributed by atoms with Crippen LogP contribution in [-0.4, -0.2) is 29.5 Å². The predicted octanol–water partition coefficient (Wildman–Crippen LogP) is 3.65. The summed E-state index contributed by atoms with van der Waals surface area (Å²) >= 11 is 0. The number of fused-ring (bicyclic) bond motifs is 3. The molecule has 2 aliphatic rings. The lowest BCUT2D eigenvalue weighted by Gasteiger charge is -2.36. The summed E-state index contributed by atoms with van der Waals surface area (Å²) in [6, 6.07) is 16.4. The zero-order chi connectivity index (χ0) is 19.0. The van der Waals surface area contributed by atoms with Gasteiger partial charge in [-0.1, -0.05) is 55.1 Å². The number of hydrazine groups is 1. The molecule has 0 unspecified atom stereocenters. The summed E-state index contributed by atoms with van der Waals surface area (Å²) in [5.41, 5.74) is 2.81. The van der Waals surface area contributed by atoms with Crippen molar-refractivity contribution in [3.8, 4) is 0 Å². The van der Waals surface area contributed by atoms with Crippen LogP contribution in [0.4, 0.5) is 5.69 Å². The topological polar surface area (TPSA) is 49.9 Å². The minimum atomic E-state index is -0.637. The molecule has 0 spiro atoms. The lowest BCUT2D eigenvalue weighted by atomic mass is 9.94. The molecule has 2 aromatic carbocycles. The molecule has 2 atom stereocenters. The van der Waals surface area contributed by atoms with E-state index in [2.05, 4.69) is 6.58 Å². The number of amides is 1. The monoisotopic (exact) mass is 360 g/mol. The fourth-order valence-corrected chi connectivity index (χ4v) is 3.68. The Morgan fingerprint density at radius 3 is 2.52 bits per heavy atom. The maximum Gasteiger partial charge on any atom is 0.317 e. The van der Waals surface area contributed by atoms with E-state index >= 15 is 0 Å². The van der Waals surface area contributed by atoms with Crippen LogP contribution in [0, 0.1) is 5.92 Å². The molecule has 1 amide bonds. The van der Waals surface area contributed by atoms with Crippen LogP contribution in [-0.2, 0) is 9.53 Å². The first kappa shape index (κ1) is 17.1. The lowest BCUT2D eigenvalue weighted by molar-refractivity contribution is -0.146. The zero-order valence-corrected chi connectivity index (χ0v) is 15.0. The molecular formula is C22H20N2O3. The van der Waals surface area contributed by atoms with Crippen molar-refractivity contribution in [2.75, 3.05) is 11.6 Å². The van der Waals surface area contributed by atoms with E-state index in [0.29, 0.717) is 11.3 Å². The van der Waals surface area contributed by atoms with Crippen LogP contribution >= 0.6 is 0 Å². The van der Waals surface area contributed by atoms with E-state index in [4.69, 9.17) is 4.74 Å². The number of hydrogen-bond acceptors (Lipinski definition) is 4. The molecular weight excluding hydrogens is 340 g/mol. The maximum atomic E-state index is 13.3. The third kappa shape index (κ3) is 2.72. The van der Waals surface area contributed by atoms with Gasteiger partial charge >= 0.3 is 5.97 Å². The summed E-state index contributed by atoms with van der Waals surface area (Å²) in [4.78, 5) is 25.9. The standard InChI is InChI=1S/C22H20N2O3/c1-3-27-22(26)20-15(2)23(21(25)17-10-5-4-6-11-17)24-18-12-8-7-9-16(18)13-14-19(20)24/h4-14,19-20H,2-3H2,1H3/t19-,20+/m0/s1. The molecule has 136 valence electrons. The number of esters is 1. The normalized spacial score (nSPS) is 20.3. The SMILES string of the molecule is C=C1[C@@H](C(=O)OCC)[C@@H]2C=Cc3ccccc3N2N1C(=O)c1ccccc1. The van der Waals surface area contributed by atoms with Gasteiger partial charge in [0, 0.05) is 5.56 Å². The first-order chi connectivity index (χ1) is 13.1. The highest BCUT2D eigenvalue weighted by atomic mass is 16.5. The van der Waals surface area contributed by atoms with Crippen molar-refractivity contribution in [3.05, 3.63) is 84.1 Å². The van der Waals surface area contributed by atoms with E-state index in [1.54, 1.807) is 19.1 Å². The molecule has 27 heavy (non-hydrogen) atoms. The number of carbonyl (C=O) groups is 2. The summed E-state index contributed by atoms with van der Waals surface area (Å²) < 4.78 is 5.27. The van der Waals surface area contributed by atoms with Crippen LogP contribution in [0.2, 0.25) is 0 Å². The van der Waals surface area contributed by atoms with E-state index < -0.39 is 5.92 Å². The highest BCUT2D eigenvalue weighted by Gasteiger charge is 2.50. The van der Waals surface area contributed by atoms with Crippen molar-refractivity contribution in [1.29, 1.82) is 0 Å². The Balaban J connectivity index is 1.82. The molecule has 4 rings (SSSR count). The number of hydrogen-bond donors (Lipinski definition) is 0. The predicted molar refractivity (Wildman–Crippen MR) is 104 cm³/mol. The fourth-order valence-electron chi connectivity index (χ4n) is 3.68. The average molecular weight is 360 g/mol. The van der Waals surface area contributed by atoms with Gasteiger partial charge in [0.05, 0.1) is 24.0 Å². The van der Waals surface area contributed by atoms with Crippen LogP contribution in [0.25, 0.3) is 6.08 Å². The molecule has 0 N–H and O–H groups in total. The first-order valence-corrected chi connectivity index (χ1v) is 8.94. The maximum absolute atomic E-state index is 13.3. The van der Waals surface area contributed by atoms with Gasteiger partial charge in [-0.25, -0.2) is 5.01 Å². The van der Waals surface area contributed by atoms with E-state index in [-0.39, 0.29) is 24.5 Å². The quantitative estimate of drug-likeness (QED) is 0.784. The van der Waals surface area contributed by atoms with Crippen molar-refractivity contribution in [2.45, 2.75) is 13.0 Å².